The SMILES string of the molecule is C.C.Nc1cc(NC(=O)C2CC2)ncn1.Nc1cc(Nc2cc(Cl)c3n(c2=O)C2(NC3=O)C3CCC2CC3)ncn1.Nc1cc(Nc2cc(Cl)c3n(c2=O)C2(NC3=O)C3CCC2CC3)ncn1.O=C1NC2(C3CCC2CC3)n2c1c(Cl)cc(Br)c2=O.O=C1NC2(C3CCC2CC3)n2c1c(Cl)cc(Nc1cc(NC(=O)C3CC3)ncn1)c2=O.[K+].[OH-]. The Hall–Kier alpha value is -9.02. The molecule has 10 aliphatic carbocycles. The van der Waals surface area contributed by atoms with E-state index in [1.807, 2.05) is 0 Å². The average molecular weight is 1800 g/mol. The summed E-state index contributed by atoms with van der Waals surface area (Å²) in [6.45, 7) is 0. The van der Waals surface area contributed by atoms with Crippen molar-refractivity contribution >= 4 is 161 Å². The van der Waals surface area contributed by atoms with Gasteiger partial charge in [0.2, 0.25) is 11.8 Å². The third-order valence-corrected chi connectivity index (χ3v) is 27.7. The molecule has 0 radical (unpaired) electrons. The van der Waals surface area contributed by atoms with E-state index >= 15 is 0 Å². The van der Waals surface area contributed by atoms with Gasteiger partial charge in [0.25, 0.3) is 45.9 Å². The van der Waals surface area contributed by atoms with Gasteiger partial charge in [-0.2, -0.15) is 0 Å². The molecule has 8 aromatic rings. The summed E-state index contributed by atoms with van der Waals surface area (Å²) in [5.74, 6) is 4.28. The molecular formula is C78H86BrCl4KN24O11. The van der Waals surface area contributed by atoms with E-state index in [0.29, 0.717) is 61.9 Å². The number of carbonyl (C=O) groups excluding carboxylic acids is 6. The van der Waals surface area contributed by atoms with Crippen LogP contribution in [-0.4, -0.2) is 99.1 Å². The van der Waals surface area contributed by atoms with Crippen LogP contribution in [0.15, 0.2) is 97.5 Å². The van der Waals surface area contributed by atoms with Gasteiger partial charge < -0.3 is 70.5 Å². The van der Waals surface area contributed by atoms with Crippen molar-refractivity contribution in [2.75, 3.05) is 43.8 Å². The zero-order valence-electron chi connectivity index (χ0n) is 62.9. The first kappa shape index (κ1) is 86.4. The maximum Gasteiger partial charge on any atom is 1.00 e. The van der Waals surface area contributed by atoms with Crippen molar-refractivity contribution in [2.24, 2.45) is 59.2 Å². The molecule has 0 unspecified atom stereocenters. The molecule has 8 bridgehead atoms. The Morgan fingerprint density at radius 1 is 0.353 bits per heavy atom. The maximum absolute atomic E-state index is 13.5. The molecule has 119 heavy (non-hydrogen) atoms. The first-order valence-corrected chi connectivity index (χ1v) is 40.9. The van der Waals surface area contributed by atoms with Crippen LogP contribution in [-0.2, 0) is 32.2 Å². The third-order valence-electron chi connectivity index (χ3n) is 26.0. The van der Waals surface area contributed by atoms with Crippen LogP contribution in [0.2, 0.25) is 20.1 Å². The molecule has 8 aromatic heterocycles. The third kappa shape index (κ3) is 14.5. The van der Waals surface area contributed by atoms with Crippen LogP contribution in [0.3, 0.4) is 0 Å². The Bertz CT molecular complexity index is 5530. The van der Waals surface area contributed by atoms with Crippen LogP contribution in [0.4, 0.5) is 63.6 Å². The van der Waals surface area contributed by atoms with Gasteiger partial charge in [-0.15, -0.1) is 0 Å². The Morgan fingerprint density at radius 2 is 0.580 bits per heavy atom. The minimum Gasteiger partial charge on any atom is -0.870 e. The summed E-state index contributed by atoms with van der Waals surface area (Å²) in [5.41, 5.74) is 15.1. The van der Waals surface area contributed by atoms with E-state index in [1.54, 1.807) is 30.4 Å². The molecule has 10 saturated carbocycles. The van der Waals surface area contributed by atoms with Gasteiger partial charge in [0.1, 0.15) is 134 Å². The minimum atomic E-state index is -0.681. The average Bonchev–Trinajstić information content (AvgIpc) is 1.55. The number of anilines is 11. The monoisotopic (exact) mass is 1790 g/mol. The smallest absolute Gasteiger partial charge is 0.870 e. The number of nitrogens with one attached hydrogen (secondary N) is 9. The zero-order chi connectivity index (χ0) is 80.1. The molecule has 10 fully saturated rings. The molecule has 22 rings (SSSR count). The molecule has 0 saturated heterocycles. The molecule has 620 valence electrons. The first-order chi connectivity index (χ1) is 55.3. The number of pyridine rings is 4. The van der Waals surface area contributed by atoms with Crippen molar-refractivity contribution in [1.29, 1.82) is 0 Å². The molecule has 0 aromatic carbocycles. The molecule has 12 heterocycles. The van der Waals surface area contributed by atoms with Gasteiger partial charge in [-0.25, -0.2) is 39.9 Å². The summed E-state index contributed by atoms with van der Waals surface area (Å²) in [7, 11) is 0. The number of hydrogen-bond acceptors (Lipinski definition) is 25. The van der Waals surface area contributed by atoms with Crippen molar-refractivity contribution in [1.82, 2.24) is 79.4 Å². The van der Waals surface area contributed by atoms with E-state index in [9.17, 15) is 47.9 Å². The van der Waals surface area contributed by atoms with Crippen molar-refractivity contribution in [3.8, 4) is 0 Å². The van der Waals surface area contributed by atoms with E-state index < -0.39 is 22.7 Å². The van der Waals surface area contributed by atoms with Gasteiger partial charge in [0.15, 0.2) is 0 Å². The molecular weight excluding hydrogens is 1710 g/mol. The Balaban J connectivity index is 0.000000124. The van der Waals surface area contributed by atoms with Gasteiger partial charge >= 0.3 is 51.4 Å². The van der Waals surface area contributed by atoms with Crippen LogP contribution in [0, 0.1) is 59.2 Å². The molecule has 35 nitrogen and oxygen atoms in total. The number of nitrogens with zero attached hydrogens (tertiary/aromatic N) is 12. The quantitative estimate of drug-likeness (QED) is 0.0599. The van der Waals surface area contributed by atoms with Gasteiger partial charge in [0, 0.05) is 83.4 Å². The van der Waals surface area contributed by atoms with Crippen LogP contribution >= 0.6 is 62.3 Å². The summed E-state index contributed by atoms with van der Waals surface area (Å²) >= 11 is 28.7. The molecule has 4 spiro atoms. The summed E-state index contributed by atoms with van der Waals surface area (Å²) < 4.78 is 6.84. The number of nitrogen functional groups attached to an aromatic ring is 3. The van der Waals surface area contributed by atoms with E-state index in [0.717, 1.165) is 128 Å². The fourth-order valence-electron chi connectivity index (χ4n) is 20.9. The zero-order valence-corrected chi connectivity index (χ0v) is 70.6. The Labute approximate surface area is 751 Å². The number of nitrogens with two attached hydrogens (primary N) is 3. The number of fused-ring (bicyclic) bond motifs is 4. The van der Waals surface area contributed by atoms with Crippen molar-refractivity contribution in [3.05, 3.63) is 163 Å². The number of carbonyl (C=O) groups is 6. The second kappa shape index (κ2) is 33.1. The van der Waals surface area contributed by atoms with Gasteiger partial charge in [-0.3, -0.25) is 66.2 Å². The largest absolute Gasteiger partial charge is 1.00 e. The molecule has 6 amide bonds. The van der Waals surface area contributed by atoms with Gasteiger partial charge in [-0.1, -0.05) is 61.3 Å². The maximum atomic E-state index is 13.5. The van der Waals surface area contributed by atoms with Crippen molar-refractivity contribution < 1.29 is 85.6 Å². The Kier molecular flexibility index (Phi) is 24.0. The molecule has 16 N–H and O–H groups in total. The Morgan fingerprint density at radius 3 is 0.849 bits per heavy atom. The molecule has 41 heteroatoms. The van der Waals surface area contributed by atoms with E-state index in [1.165, 1.54) is 61.7 Å². The fourth-order valence-corrected chi connectivity index (χ4v) is 22.6. The summed E-state index contributed by atoms with van der Waals surface area (Å²) in [6.07, 6.45) is 25.3. The van der Waals surface area contributed by atoms with Gasteiger partial charge in [-0.05, 0) is 169 Å². The van der Waals surface area contributed by atoms with Crippen LogP contribution < -0.4 is 139 Å². The standard InChI is InChI=1S/C21H21ClN6O3.2C17H17ClN6O2.C13H12BrClN2O2.C8H10N4O.2CH4.K.H2O/c22-13-7-14(25-15-8-16(24-9-23-15)26-18(29)10-1-2-10)20(31)28-17(13)19(30)27-21(28)11-3-4-12(21)6-5-11;2*18-10-5-11(22-13-6-12(19)20-7-21-13)16(26)24-14(10)15(25)23-17(24)8-1-2-9(17)4-3-8;14-8-5-9(15)10-11(18)16-13(17(10)12(8)19)6-1-2-7(13)4-3-6;9-6-3-7(11-4-10-6)12-8(13)5-1-2-5;;;;/h7-12H,1-6H2,(H,27,30)(H2,23,24,25,26,29);2*5-9H,1-4H2,(H,23,25)(H3,19,20,21,22);5-7H,1-4H2,(H,16,18);3-5H,1-2H2,(H3,9,10,11,12,13);2*1H4;;1H2/q;;;;;;;+1;/p-1. The second-order valence-corrected chi connectivity index (χ2v) is 34.5. The van der Waals surface area contributed by atoms with E-state index in [4.69, 9.17) is 63.6 Å². The fraction of sp³-hybridized carbons (Fsp3) is 0.462. The predicted octanol–water partition coefficient (Wildman–Crippen LogP) is 7.25. The number of aromatic nitrogens is 12. The number of hydrogen-bond donors (Lipinski definition) is 12. The van der Waals surface area contributed by atoms with Crippen molar-refractivity contribution in [2.45, 2.75) is 166 Å². The van der Waals surface area contributed by atoms with E-state index in [2.05, 4.69) is 104 Å². The van der Waals surface area contributed by atoms with Crippen molar-refractivity contribution in [3.63, 3.8) is 0 Å². The summed E-state index contributed by atoms with van der Waals surface area (Å²) in [5, 5.41) is 27.9. The molecule has 4 aliphatic heterocycles. The number of halogens is 5. The van der Waals surface area contributed by atoms with Crippen LogP contribution in [0.1, 0.15) is 185 Å². The van der Waals surface area contributed by atoms with Crippen LogP contribution in [0.5, 0.6) is 0 Å². The molecule has 0 atom stereocenters. The van der Waals surface area contributed by atoms with Gasteiger partial charge in [0.05, 0.1) is 24.6 Å². The first-order valence-electron chi connectivity index (χ1n) is 38.6. The normalized spacial score (nSPS) is 27.0. The summed E-state index contributed by atoms with van der Waals surface area (Å²) in [4.78, 5) is 158. The minimum absolute atomic E-state index is 0. The number of amides is 6. The van der Waals surface area contributed by atoms with E-state index in [-0.39, 0.29) is 238 Å². The topological polar surface area (TPSA) is 510 Å². The summed E-state index contributed by atoms with van der Waals surface area (Å²) in [6, 6.07) is 12.1. The predicted molar refractivity (Wildman–Crippen MR) is 443 cm³/mol. The second-order valence-electron chi connectivity index (χ2n) is 32.0. The van der Waals surface area contributed by atoms with Crippen LogP contribution in [0.25, 0.3) is 0 Å². The number of rotatable bonds is 10. The molecule has 14 aliphatic rings.